The van der Waals surface area contributed by atoms with Gasteiger partial charge in [-0.3, -0.25) is 4.55 Å². The molecule has 4 aliphatic rings. The van der Waals surface area contributed by atoms with Crippen LogP contribution in [0.1, 0.15) is 78.6 Å². The zero-order valence-electron chi connectivity index (χ0n) is 16.9. The van der Waals surface area contributed by atoms with Gasteiger partial charge in [-0.15, -0.1) is 0 Å². The zero-order chi connectivity index (χ0) is 19.6. The maximum Gasteiger partial charge on any atom is 0.397 e. The van der Waals surface area contributed by atoms with E-state index in [0.717, 1.165) is 37.5 Å². The Balaban J connectivity index is 1.52. The van der Waals surface area contributed by atoms with Crippen molar-refractivity contribution in [1.82, 2.24) is 0 Å². The number of hydrogen-bond donors (Lipinski definition) is 2. The summed E-state index contributed by atoms with van der Waals surface area (Å²) in [5, 5.41) is 10.3. The smallest absolute Gasteiger partial charge is 0.393 e. The van der Waals surface area contributed by atoms with Gasteiger partial charge >= 0.3 is 10.4 Å². The zero-order valence-corrected chi connectivity index (χ0v) is 17.7. The van der Waals surface area contributed by atoms with Crippen LogP contribution in [0, 0.1) is 40.4 Å². The largest absolute Gasteiger partial charge is 0.397 e. The summed E-state index contributed by atoms with van der Waals surface area (Å²) >= 11 is 0. The van der Waals surface area contributed by atoms with Crippen LogP contribution in [0.15, 0.2) is 0 Å². The predicted molar refractivity (Wildman–Crippen MR) is 103 cm³/mol. The van der Waals surface area contributed by atoms with Crippen molar-refractivity contribution in [2.45, 2.75) is 90.8 Å². The van der Waals surface area contributed by atoms with Crippen molar-refractivity contribution in [1.29, 1.82) is 0 Å². The lowest BCUT2D eigenvalue weighted by Gasteiger charge is -2.61. The number of hydrogen-bond acceptors (Lipinski definition) is 4. The van der Waals surface area contributed by atoms with Crippen LogP contribution >= 0.6 is 0 Å². The van der Waals surface area contributed by atoms with Gasteiger partial charge in [-0.2, -0.15) is 8.42 Å². The minimum Gasteiger partial charge on any atom is -0.393 e. The van der Waals surface area contributed by atoms with Gasteiger partial charge in [-0.25, -0.2) is 4.18 Å². The molecule has 0 heterocycles. The highest BCUT2D eigenvalue weighted by molar-refractivity contribution is 7.80. The molecule has 2 N–H and O–H groups in total. The van der Waals surface area contributed by atoms with Gasteiger partial charge in [0.2, 0.25) is 0 Å². The van der Waals surface area contributed by atoms with Crippen molar-refractivity contribution < 1.29 is 22.3 Å². The highest BCUT2D eigenvalue weighted by Crippen LogP contribution is 2.67. The highest BCUT2D eigenvalue weighted by Gasteiger charge is 2.60. The van der Waals surface area contributed by atoms with Crippen LogP contribution in [0.25, 0.3) is 0 Å². The van der Waals surface area contributed by atoms with E-state index in [9.17, 15) is 13.5 Å². The lowest BCUT2D eigenvalue weighted by molar-refractivity contribution is -0.130. The molecule has 0 aromatic heterocycles. The van der Waals surface area contributed by atoms with Crippen LogP contribution in [-0.2, 0) is 14.6 Å². The van der Waals surface area contributed by atoms with E-state index in [1.807, 2.05) is 6.92 Å². The number of aliphatic hydroxyl groups is 1. The summed E-state index contributed by atoms with van der Waals surface area (Å²) in [6.45, 7) is 6.84. The van der Waals surface area contributed by atoms with Gasteiger partial charge in [-0.05, 0) is 105 Å². The van der Waals surface area contributed by atoms with Crippen molar-refractivity contribution >= 4 is 10.4 Å². The van der Waals surface area contributed by atoms with Crippen LogP contribution in [-0.4, -0.2) is 30.3 Å². The first-order chi connectivity index (χ1) is 12.5. The van der Waals surface area contributed by atoms with E-state index in [4.69, 9.17) is 8.74 Å². The fourth-order valence-electron chi connectivity index (χ4n) is 8.31. The molecule has 0 amide bonds. The Morgan fingerprint density at radius 1 is 0.963 bits per heavy atom. The quantitative estimate of drug-likeness (QED) is 0.693. The molecular weight excluding hydrogens is 364 g/mol. The van der Waals surface area contributed by atoms with E-state index in [1.165, 1.54) is 25.7 Å². The van der Waals surface area contributed by atoms with Crippen LogP contribution in [0.3, 0.4) is 0 Å². The minimum absolute atomic E-state index is 0.212. The van der Waals surface area contributed by atoms with Gasteiger partial charge in [0, 0.05) is 0 Å². The van der Waals surface area contributed by atoms with Crippen LogP contribution in [0.2, 0.25) is 0 Å². The van der Waals surface area contributed by atoms with Gasteiger partial charge in [0.25, 0.3) is 0 Å². The number of fused-ring (bicyclic) bond motifs is 5. The molecule has 156 valence electrons. The summed E-state index contributed by atoms with van der Waals surface area (Å²) < 4.78 is 36.2. The summed E-state index contributed by atoms with van der Waals surface area (Å²) in [4.78, 5) is 0. The SMILES string of the molecule is C[C@@H](O)[C@H]1CC[C@H]2[C@@H]3CC[C@H]4C[C@@H](OS(=O)(=O)O)CC[C@]4(C)[C@H]3CC[C@@]12C. The molecule has 0 saturated heterocycles. The molecule has 4 rings (SSSR count). The van der Waals surface area contributed by atoms with Crippen molar-refractivity contribution in [2.24, 2.45) is 40.4 Å². The monoisotopic (exact) mass is 400 g/mol. The molecule has 27 heavy (non-hydrogen) atoms. The molecular formula is C21H36O5S. The molecule has 4 aliphatic carbocycles. The fourth-order valence-corrected chi connectivity index (χ4v) is 8.83. The minimum atomic E-state index is -4.36. The van der Waals surface area contributed by atoms with E-state index in [0.29, 0.717) is 24.2 Å². The maximum absolute atomic E-state index is 11.1. The molecule has 4 saturated carbocycles. The Hall–Kier alpha value is -0.170. The maximum atomic E-state index is 11.1. The summed E-state index contributed by atoms with van der Waals surface area (Å²) in [5.41, 5.74) is 0.538. The second-order valence-corrected chi connectivity index (χ2v) is 11.6. The van der Waals surface area contributed by atoms with Crippen LogP contribution < -0.4 is 0 Å². The third-order valence-electron chi connectivity index (χ3n) is 9.53. The molecule has 4 fully saturated rings. The Morgan fingerprint density at radius 3 is 2.30 bits per heavy atom. The van der Waals surface area contributed by atoms with Crippen LogP contribution in [0.5, 0.6) is 0 Å². The summed E-state index contributed by atoms with van der Waals surface area (Å²) in [7, 11) is -4.36. The van der Waals surface area contributed by atoms with Gasteiger partial charge in [-0.1, -0.05) is 13.8 Å². The van der Waals surface area contributed by atoms with Gasteiger partial charge < -0.3 is 5.11 Å². The van der Waals surface area contributed by atoms with Crippen molar-refractivity contribution in [3.05, 3.63) is 0 Å². The summed E-state index contributed by atoms with van der Waals surface area (Å²) in [6, 6.07) is 0. The topological polar surface area (TPSA) is 83.8 Å². The normalized spacial score (nSPS) is 51.1. The molecule has 9 atom stereocenters. The lowest BCUT2D eigenvalue weighted by atomic mass is 9.44. The average Bonchev–Trinajstić information content (AvgIpc) is 2.91. The first-order valence-corrected chi connectivity index (χ1v) is 12.2. The van der Waals surface area contributed by atoms with Crippen molar-refractivity contribution in [3.8, 4) is 0 Å². The molecule has 0 spiro atoms. The molecule has 5 nitrogen and oxygen atoms in total. The van der Waals surface area contributed by atoms with Crippen molar-refractivity contribution in [2.75, 3.05) is 0 Å². The van der Waals surface area contributed by atoms with Gasteiger partial charge in [0.05, 0.1) is 12.2 Å². The van der Waals surface area contributed by atoms with E-state index in [1.54, 1.807) is 0 Å². The Labute approximate surface area is 164 Å². The van der Waals surface area contributed by atoms with Crippen molar-refractivity contribution in [3.63, 3.8) is 0 Å². The first kappa shape index (κ1) is 20.1. The molecule has 0 unspecified atom stereocenters. The van der Waals surface area contributed by atoms with Gasteiger partial charge in [0.15, 0.2) is 0 Å². The number of rotatable bonds is 3. The van der Waals surface area contributed by atoms with E-state index < -0.39 is 10.4 Å². The molecule has 0 aromatic rings. The van der Waals surface area contributed by atoms with Gasteiger partial charge in [0.1, 0.15) is 0 Å². The Morgan fingerprint density at radius 2 is 1.63 bits per heavy atom. The molecule has 0 radical (unpaired) electrons. The average molecular weight is 401 g/mol. The fraction of sp³-hybridized carbons (Fsp3) is 1.00. The summed E-state index contributed by atoms with van der Waals surface area (Å²) in [6.07, 6.45) is 9.08. The summed E-state index contributed by atoms with van der Waals surface area (Å²) in [5.74, 6) is 3.09. The molecule has 6 heteroatoms. The van der Waals surface area contributed by atoms with Crippen LogP contribution in [0.4, 0.5) is 0 Å². The van der Waals surface area contributed by atoms with E-state index in [2.05, 4.69) is 13.8 Å². The number of aliphatic hydroxyl groups excluding tert-OH is 1. The molecule has 0 aromatic carbocycles. The molecule has 0 aliphatic heterocycles. The Kier molecular flexibility index (Phi) is 4.98. The second kappa shape index (κ2) is 6.68. The standard InChI is InChI=1S/C21H36O5S/c1-13(22)17-6-7-18-16-5-4-14-12-15(26-27(23,24)25)8-10-20(14,2)19(16)9-11-21(17,18)3/h13-19,22H,4-12H2,1-3H3,(H,23,24,25)/t13-,14+,15+,16+,17-,18+,19+,20+,21+/m1/s1. The predicted octanol–water partition coefficient (Wildman–Crippen LogP) is 4.21. The van der Waals surface area contributed by atoms with E-state index >= 15 is 0 Å². The molecule has 0 bridgehead atoms. The third kappa shape index (κ3) is 3.28. The lowest BCUT2D eigenvalue weighted by Crippen LogP contribution is -2.54. The highest BCUT2D eigenvalue weighted by atomic mass is 32.3. The Bertz CT molecular complexity index is 676. The third-order valence-corrected chi connectivity index (χ3v) is 10.0. The first-order valence-electron chi connectivity index (χ1n) is 10.9. The second-order valence-electron chi connectivity index (χ2n) is 10.5. The van der Waals surface area contributed by atoms with E-state index in [-0.39, 0.29) is 23.0 Å².